The van der Waals surface area contributed by atoms with Crippen molar-refractivity contribution in [1.29, 1.82) is 0 Å². The molecule has 1 atom stereocenters. The molecular weight excluding hydrogens is 344 g/mol. The summed E-state index contributed by atoms with van der Waals surface area (Å²) in [6, 6.07) is 10.2. The van der Waals surface area contributed by atoms with Crippen LogP contribution in [0.25, 0.3) is 0 Å². The van der Waals surface area contributed by atoms with Crippen LogP contribution in [0, 0.1) is 0 Å². The maximum Gasteiger partial charge on any atom is 0.410 e. The Kier molecular flexibility index (Phi) is 5.62. The van der Waals surface area contributed by atoms with E-state index in [4.69, 9.17) is 4.74 Å². The summed E-state index contributed by atoms with van der Waals surface area (Å²) in [6.07, 6.45) is 1.61. The summed E-state index contributed by atoms with van der Waals surface area (Å²) >= 11 is 0. The lowest BCUT2D eigenvalue weighted by Crippen LogP contribution is -2.42. The Labute approximate surface area is 160 Å². The molecule has 8 nitrogen and oxygen atoms in total. The van der Waals surface area contributed by atoms with Gasteiger partial charge in [-0.25, -0.2) is 9.48 Å². The first-order chi connectivity index (χ1) is 12.8. The number of hydrogen-bond acceptors (Lipinski definition) is 6. The van der Waals surface area contributed by atoms with Gasteiger partial charge in [-0.05, 0) is 49.6 Å². The van der Waals surface area contributed by atoms with Crippen molar-refractivity contribution in [2.45, 2.75) is 58.3 Å². The monoisotopic (exact) mass is 372 g/mol. The van der Waals surface area contributed by atoms with Crippen LogP contribution in [-0.4, -0.2) is 56.4 Å². The second kappa shape index (κ2) is 7.94. The Hall–Kier alpha value is -2.64. The largest absolute Gasteiger partial charge is 0.444 e. The topological polar surface area (TPSA) is 76.4 Å². The van der Waals surface area contributed by atoms with Gasteiger partial charge in [0.2, 0.25) is 5.95 Å². The van der Waals surface area contributed by atoms with E-state index < -0.39 is 5.60 Å². The van der Waals surface area contributed by atoms with Crippen molar-refractivity contribution in [2.75, 3.05) is 18.5 Å². The van der Waals surface area contributed by atoms with E-state index in [-0.39, 0.29) is 12.1 Å². The summed E-state index contributed by atoms with van der Waals surface area (Å²) in [4.78, 5) is 16.3. The summed E-state index contributed by atoms with van der Waals surface area (Å²) in [5, 5.41) is 12.2. The van der Waals surface area contributed by atoms with E-state index in [0.29, 0.717) is 25.6 Å². The molecule has 0 unspecified atom stereocenters. The van der Waals surface area contributed by atoms with Crippen molar-refractivity contribution < 1.29 is 9.53 Å². The molecule has 0 saturated carbocycles. The van der Waals surface area contributed by atoms with Crippen molar-refractivity contribution in [3.8, 4) is 0 Å². The number of carbonyl (C=O) groups excluding carboxylic acids is 1. The van der Waals surface area contributed by atoms with Crippen LogP contribution in [0.15, 0.2) is 30.3 Å². The zero-order chi connectivity index (χ0) is 19.4. The maximum atomic E-state index is 12.5. The van der Waals surface area contributed by atoms with Crippen LogP contribution in [0.1, 0.15) is 39.2 Å². The molecule has 0 N–H and O–H groups in total. The van der Waals surface area contributed by atoms with Gasteiger partial charge in [-0.15, -0.1) is 0 Å². The summed E-state index contributed by atoms with van der Waals surface area (Å²) in [6.45, 7) is 7.62. The molecule has 1 saturated heterocycles. The average molecular weight is 372 g/mol. The molecule has 8 heteroatoms. The molecule has 0 radical (unpaired) electrons. The van der Waals surface area contributed by atoms with Crippen LogP contribution >= 0.6 is 0 Å². The number of hydrogen-bond donors (Lipinski definition) is 0. The van der Waals surface area contributed by atoms with Gasteiger partial charge in [0.15, 0.2) is 0 Å². The third-order valence-electron chi connectivity index (χ3n) is 4.51. The molecule has 146 valence electrons. The fourth-order valence-corrected chi connectivity index (χ4v) is 3.31. The molecule has 1 aliphatic heterocycles. The van der Waals surface area contributed by atoms with E-state index in [1.165, 1.54) is 5.56 Å². The van der Waals surface area contributed by atoms with Crippen molar-refractivity contribution in [2.24, 2.45) is 0 Å². The van der Waals surface area contributed by atoms with Gasteiger partial charge in [0, 0.05) is 20.1 Å². The summed E-state index contributed by atoms with van der Waals surface area (Å²) in [5.41, 5.74) is 0.686. The maximum absolute atomic E-state index is 12.5. The Balaban J connectivity index is 1.67. The molecule has 1 amide bonds. The molecular formula is C19H28N6O2. The molecule has 1 aromatic heterocycles. The minimum absolute atomic E-state index is 0.0345. The smallest absolute Gasteiger partial charge is 0.410 e. The number of nitrogens with zero attached hydrogens (tertiary/aromatic N) is 6. The summed E-state index contributed by atoms with van der Waals surface area (Å²) in [7, 11) is 1.97. The third-order valence-corrected chi connectivity index (χ3v) is 4.51. The van der Waals surface area contributed by atoms with E-state index in [1.807, 2.05) is 50.9 Å². The average Bonchev–Trinajstić information content (AvgIpc) is 3.24. The molecule has 2 aromatic rings. The van der Waals surface area contributed by atoms with Crippen LogP contribution in [0.4, 0.5) is 10.7 Å². The molecule has 2 heterocycles. The van der Waals surface area contributed by atoms with E-state index >= 15 is 0 Å². The van der Waals surface area contributed by atoms with Gasteiger partial charge in [0.25, 0.3) is 0 Å². The number of aromatic nitrogens is 4. The lowest BCUT2D eigenvalue weighted by molar-refractivity contribution is 0.0211. The van der Waals surface area contributed by atoms with E-state index in [9.17, 15) is 4.79 Å². The molecule has 0 spiro atoms. The number of carbonyl (C=O) groups is 1. The number of benzene rings is 1. The van der Waals surface area contributed by atoms with Crippen molar-refractivity contribution in [3.05, 3.63) is 35.9 Å². The molecule has 1 aromatic carbocycles. The Morgan fingerprint density at radius 3 is 2.74 bits per heavy atom. The van der Waals surface area contributed by atoms with Gasteiger partial charge < -0.3 is 14.5 Å². The molecule has 1 fully saturated rings. The van der Waals surface area contributed by atoms with E-state index in [2.05, 4.69) is 27.7 Å². The van der Waals surface area contributed by atoms with Crippen LogP contribution in [0.5, 0.6) is 0 Å². The Bertz CT molecular complexity index is 755. The van der Waals surface area contributed by atoms with Gasteiger partial charge in [-0.3, -0.25) is 0 Å². The molecule has 27 heavy (non-hydrogen) atoms. The molecule has 3 rings (SSSR count). The summed E-state index contributed by atoms with van der Waals surface area (Å²) in [5.74, 6) is 0.690. The number of rotatable bonds is 5. The van der Waals surface area contributed by atoms with Crippen LogP contribution in [0.2, 0.25) is 0 Å². The van der Waals surface area contributed by atoms with Crippen molar-refractivity contribution in [1.82, 2.24) is 25.1 Å². The fraction of sp³-hybridized carbons (Fsp3) is 0.579. The minimum Gasteiger partial charge on any atom is -0.444 e. The number of amides is 1. The van der Waals surface area contributed by atoms with Crippen LogP contribution < -0.4 is 4.90 Å². The van der Waals surface area contributed by atoms with Gasteiger partial charge in [0.05, 0.1) is 12.6 Å². The third kappa shape index (κ3) is 4.96. The van der Waals surface area contributed by atoms with E-state index in [1.54, 1.807) is 9.58 Å². The molecule has 0 aliphatic carbocycles. The predicted octanol–water partition coefficient (Wildman–Crippen LogP) is 2.71. The number of anilines is 1. The lowest BCUT2D eigenvalue weighted by atomic mass is 10.2. The Morgan fingerprint density at radius 2 is 2.04 bits per heavy atom. The van der Waals surface area contributed by atoms with Crippen molar-refractivity contribution >= 4 is 12.0 Å². The molecule has 1 aliphatic rings. The SMILES string of the molecule is CN(Cc1ccccc1)c1nnnn1C[C@@H]1CCCN1C(=O)OC(C)(C)C. The van der Waals surface area contributed by atoms with E-state index in [0.717, 1.165) is 12.8 Å². The number of ether oxygens (including phenoxy) is 1. The number of tetrazole rings is 1. The predicted molar refractivity (Wildman–Crippen MR) is 102 cm³/mol. The second-order valence-corrected chi connectivity index (χ2v) is 7.97. The zero-order valence-electron chi connectivity index (χ0n) is 16.5. The van der Waals surface area contributed by atoms with Gasteiger partial charge in [-0.2, -0.15) is 0 Å². The first-order valence-electron chi connectivity index (χ1n) is 9.34. The normalized spacial score (nSPS) is 17.2. The summed E-state index contributed by atoms with van der Waals surface area (Å²) < 4.78 is 7.32. The zero-order valence-corrected chi connectivity index (χ0v) is 16.5. The second-order valence-electron chi connectivity index (χ2n) is 7.97. The first kappa shape index (κ1) is 19.1. The fourth-order valence-electron chi connectivity index (χ4n) is 3.31. The standard InChI is InChI=1S/C19H28N6O2/c1-19(2,3)27-18(26)24-12-8-11-16(24)14-25-17(20-21-22-25)23(4)13-15-9-6-5-7-10-15/h5-7,9-10,16H,8,11-14H2,1-4H3/t16-/m0/s1. The van der Waals surface area contributed by atoms with Gasteiger partial charge in [-0.1, -0.05) is 35.4 Å². The quantitative estimate of drug-likeness (QED) is 0.803. The van der Waals surface area contributed by atoms with Crippen LogP contribution in [-0.2, 0) is 17.8 Å². The highest BCUT2D eigenvalue weighted by molar-refractivity contribution is 5.68. The Morgan fingerprint density at radius 1 is 1.30 bits per heavy atom. The first-order valence-corrected chi connectivity index (χ1v) is 9.34. The lowest BCUT2D eigenvalue weighted by Gasteiger charge is -2.29. The van der Waals surface area contributed by atoms with Gasteiger partial charge in [0.1, 0.15) is 5.60 Å². The highest BCUT2D eigenvalue weighted by Crippen LogP contribution is 2.23. The van der Waals surface area contributed by atoms with Crippen molar-refractivity contribution in [3.63, 3.8) is 0 Å². The number of likely N-dealkylation sites (tertiary alicyclic amines) is 1. The van der Waals surface area contributed by atoms with Crippen LogP contribution in [0.3, 0.4) is 0 Å². The molecule has 0 bridgehead atoms. The highest BCUT2D eigenvalue weighted by atomic mass is 16.6. The van der Waals surface area contributed by atoms with Gasteiger partial charge >= 0.3 is 6.09 Å². The minimum atomic E-state index is -0.500. The highest BCUT2D eigenvalue weighted by Gasteiger charge is 2.33.